The Labute approximate surface area is 166 Å². The van der Waals surface area contributed by atoms with Gasteiger partial charge < -0.3 is 19.5 Å². The molecule has 0 amide bonds. The summed E-state index contributed by atoms with van der Waals surface area (Å²) in [5.41, 5.74) is 3.39. The number of ether oxygens (including phenoxy) is 3. The van der Waals surface area contributed by atoms with E-state index in [0.29, 0.717) is 34.8 Å². The fourth-order valence-electron chi connectivity index (χ4n) is 3.77. The SMILES string of the molecule is COC(=O)C1=C(C)NC2=C(C(=O)CCC2)[C@H]1c1cc(OC)c(OC)cc1Br. The molecule has 3 rings (SSSR count). The number of dihydropyridines is 1. The van der Waals surface area contributed by atoms with Crippen LogP contribution in [-0.4, -0.2) is 33.1 Å². The summed E-state index contributed by atoms with van der Waals surface area (Å²) in [5.74, 6) is 0.143. The number of hydrogen-bond donors (Lipinski definition) is 1. The topological polar surface area (TPSA) is 73.9 Å². The third kappa shape index (κ3) is 3.36. The smallest absolute Gasteiger partial charge is 0.336 e. The molecule has 0 saturated carbocycles. The molecule has 1 heterocycles. The van der Waals surface area contributed by atoms with Crippen molar-refractivity contribution < 1.29 is 23.8 Å². The summed E-state index contributed by atoms with van der Waals surface area (Å²) in [6, 6.07) is 3.59. The van der Waals surface area contributed by atoms with Gasteiger partial charge in [-0.05, 0) is 37.5 Å². The van der Waals surface area contributed by atoms with Crippen LogP contribution in [0.4, 0.5) is 0 Å². The normalized spacial score (nSPS) is 19.4. The lowest BCUT2D eigenvalue weighted by atomic mass is 9.75. The van der Waals surface area contributed by atoms with E-state index < -0.39 is 11.9 Å². The minimum absolute atomic E-state index is 0.0457. The summed E-state index contributed by atoms with van der Waals surface area (Å²) >= 11 is 3.58. The Kier molecular flexibility index (Phi) is 5.60. The van der Waals surface area contributed by atoms with Crippen molar-refractivity contribution in [3.8, 4) is 11.5 Å². The Bertz CT molecular complexity index is 871. The molecule has 1 atom stereocenters. The Morgan fingerprint density at radius 2 is 1.81 bits per heavy atom. The van der Waals surface area contributed by atoms with E-state index in [0.717, 1.165) is 28.6 Å². The van der Waals surface area contributed by atoms with Crippen molar-refractivity contribution >= 4 is 27.7 Å². The average molecular weight is 436 g/mol. The molecular formula is C20H22BrNO5. The van der Waals surface area contributed by atoms with Crippen LogP contribution in [0.5, 0.6) is 11.5 Å². The maximum Gasteiger partial charge on any atom is 0.336 e. The fourth-order valence-corrected chi connectivity index (χ4v) is 4.32. The number of allylic oxidation sites excluding steroid dienone is 3. The van der Waals surface area contributed by atoms with Gasteiger partial charge in [0.15, 0.2) is 17.3 Å². The van der Waals surface area contributed by atoms with Gasteiger partial charge in [0.05, 0.1) is 26.9 Å². The number of carbonyl (C=O) groups is 2. The van der Waals surface area contributed by atoms with E-state index in [1.54, 1.807) is 20.3 Å². The number of esters is 1. The highest BCUT2D eigenvalue weighted by Gasteiger charge is 2.40. The lowest BCUT2D eigenvalue weighted by Gasteiger charge is -2.34. The minimum Gasteiger partial charge on any atom is -0.493 e. The van der Waals surface area contributed by atoms with Crippen LogP contribution in [0, 0.1) is 0 Å². The molecule has 1 N–H and O–H groups in total. The minimum atomic E-state index is -0.532. The van der Waals surface area contributed by atoms with Crippen LogP contribution in [-0.2, 0) is 14.3 Å². The third-order valence-corrected chi connectivity index (χ3v) is 5.68. The zero-order valence-electron chi connectivity index (χ0n) is 15.8. The van der Waals surface area contributed by atoms with Gasteiger partial charge in [-0.25, -0.2) is 4.79 Å². The van der Waals surface area contributed by atoms with E-state index in [4.69, 9.17) is 14.2 Å². The summed E-state index contributed by atoms with van der Waals surface area (Å²) in [6.07, 6.45) is 2.04. The Balaban J connectivity index is 2.27. The molecular weight excluding hydrogens is 414 g/mol. The van der Waals surface area contributed by atoms with Crippen LogP contribution in [0.2, 0.25) is 0 Å². The Morgan fingerprint density at radius 1 is 1.15 bits per heavy atom. The van der Waals surface area contributed by atoms with Crippen LogP contribution in [0.25, 0.3) is 0 Å². The Morgan fingerprint density at radius 3 is 2.44 bits per heavy atom. The molecule has 0 radical (unpaired) electrons. The fraction of sp³-hybridized carbons (Fsp3) is 0.400. The van der Waals surface area contributed by atoms with E-state index in [1.807, 2.05) is 13.0 Å². The van der Waals surface area contributed by atoms with Crippen LogP contribution in [0.15, 0.2) is 39.1 Å². The first-order chi connectivity index (χ1) is 12.9. The largest absolute Gasteiger partial charge is 0.493 e. The number of carbonyl (C=O) groups excluding carboxylic acids is 2. The van der Waals surface area contributed by atoms with Gasteiger partial charge in [-0.1, -0.05) is 15.9 Å². The summed E-state index contributed by atoms with van der Waals surface area (Å²) in [4.78, 5) is 25.4. The molecule has 0 saturated heterocycles. The van der Waals surface area contributed by atoms with Crippen LogP contribution >= 0.6 is 15.9 Å². The Hall–Kier alpha value is -2.28. The summed E-state index contributed by atoms with van der Waals surface area (Å²) in [5, 5.41) is 3.25. The van der Waals surface area contributed by atoms with Crippen molar-refractivity contribution in [3.05, 3.63) is 44.7 Å². The van der Waals surface area contributed by atoms with Gasteiger partial charge in [0.2, 0.25) is 0 Å². The van der Waals surface area contributed by atoms with E-state index in [1.165, 1.54) is 7.11 Å². The van der Waals surface area contributed by atoms with Crippen molar-refractivity contribution in [2.24, 2.45) is 0 Å². The average Bonchev–Trinajstić information content (AvgIpc) is 2.66. The van der Waals surface area contributed by atoms with Crippen molar-refractivity contribution in [2.45, 2.75) is 32.1 Å². The van der Waals surface area contributed by atoms with Gasteiger partial charge in [-0.3, -0.25) is 4.79 Å². The van der Waals surface area contributed by atoms with Gasteiger partial charge in [0.1, 0.15) is 0 Å². The van der Waals surface area contributed by atoms with Gasteiger partial charge in [-0.15, -0.1) is 0 Å². The molecule has 0 aromatic heterocycles. The quantitative estimate of drug-likeness (QED) is 0.728. The lowest BCUT2D eigenvalue weighted by molar-refractivity contribution is -0.136. The molecule has 6 nitrogen and oxygen atoms in total. The summed E-state index contributed by atoms with van der Waals surface area (Å²) < 4.78 is 16.5. The van der Waals surface area contributed by atoms with Crippen molar-refractivity contribution in [3.63, 3.8) is 0 Å². The molecule has 0 bridgehead atoms. The molecule has 0 fully saturated rings. The van der Waals surface area contributed by atoms with Crippen LogP contribution in [0.3, 0.4) is 0 Å². The molecule has 1 aromatic rings. The van der Waals surface area contributed by atoms with Gasteiger partial charge in [-0.2, -0.15) is 0 Å². The highest BCUT2D eigenvalue weighted by molar-refractivity contribution is 9.10. The van der Waals surface area contributed by atoms with E-state index in [9.17, 15) is 9.59 Å². The van der Waals surface area contributed by atoms with Crippen molar-refractivity contribution in [2.75, 3.05) is 21.3 Å². The molecule has 1 aliphatic heterocycles. The monoisotopic (exact) mass is 435 g/mol. The van der Waals surface area contributed by atoms with E-state index >= 15 is 0 Å². The summed E-state index contributed by atoms with van der Waals surface area (Å²) in [7, 11) is 4.45. The second-order valence-electron chi connectivity index (χ2n) is 6.49. The highest BCUT2D eigenvalue weighted by Crippen LogP contribution is 2.47. The van der Waals surface area contributed by atoms with Crippen LogP contribution < -0.4 is 14.8 Å². The third-order valence-electron chi connectivity index (χ3n) is 5.00. The van der Waals surface area contributed by atoms with Crippen molar-refractivity contribution in [1.82, 2.24) is 5.32 Å². The molecule has 2 aliphatic rings. The number of Topliss-reactive ketones (excluding diaryl/α,β-unsaturated/α-hetero) is 1. The predicted octanol–water partition coefficient (Wildman–Crippen LogP) is 3.61. The summed E-state index contributed by atoms with van der Waals surface area (Å²) in [6.45, 7) is 1.83. The molecule has 0 spiro atoms. The molecule has 1 aliphatic carbocycles. The molecule has 144 valence electrons. The zero-order chi connectivity index (χ0) is 19.7. The maximum atomic E-state index is 12.8. The van der Waals surface area contributed by atoms with Gasteiger partial charge >= 0.3 is 5.97 Å². The second kappa shape index (κ2) is 7.76. The maximum absolute atomic E-state index is 12.8. The molecule has 7 heteroatoms. The molecule has 27 heavy (non-hydrogen) atoms. The van der Waals surface area contributed by atoms with Gasteiger partial charge in [0.25, 0.3) is 0 Å². The van der Waals surface area contributed by atoms with Crippen molar-refractivity contribution in [1.29, 1.82) is 0 Å². The number of methoxy groups -OCH3 is 3. The number of hydrogen-bond acceptors (Lipinski definition) is 6. The highest BCUT2D eigenvalue weighted by atomic mass is 79.9. The first-order valence-corrected chi connectivity index (χ1v) is 9.46. The standard InChI is InChI=1S/C20H22BrNO5/c1-10-17(20(24)27-4)18(19-13(22-10)6-5-7-14(19)23)11-8-15(25-2)16(26-3)9-12(11)21/h8-9,18,22H,5-7H2,1-4H3/t18-/m0/s1. The predicted molar refractivity (Wildman–Crippen MR) is 104 cm³/mol. The number of ketones is 1. The number of nitrogens with one attached hydrogen (secondary N) is 1. The number of benzene rings is 1. The molecule has 1 aromatic carbocycles. The van der Waals surface area contributed by atoms with Crippen LogP contribution in [0.1, 0.15) is 37.7 Å². The van der Waals surface area contributed by atoms with E-state index in [2.05, 4.69) is 21.2 Å². The number of rotatable bonds is 4. The first kappa shape index (κ1) is 19.5. The van der Waals surface area contributed by atoms with Gasteiger partial charge in [0, 0.05) is 33.8 Å². The number of halogens is 1. The van der Waals surface area contributed by atoms with E-state index in [-0.39, 0.29) is 5.78 Å². The second-order valence-corrected chi connectivity index (χ2v) is 7.34. The lowest BCUT2D eigenvalue weighted by Crippen LogP contribution is -2.34. The zero-order valence-corrected chi connectivity index (χ0v) is 17.4. The first-order valence-electron chi connectivity index (χ1n) is 8.66. The molecule has 0 unspecified atom stereocenters.